The van der Waals surface area contributed by atoms with Crippen molar-refractivity contribution < 1.29 is 42.8 Å². The molecule has 1 saturated heterocycles. The van der Waals surface area contributed by atoms with Crippen LogP contribution in [0.1, 0.15) is 45.5 Å². The van der Waals surface area contributed by atoms with Crippen LogP contribution in [-0.4, -0.2) is 79.6 Å². The molecule has 3 N–H and O–H groups in total. The molecular formula is C54H64N3O9PSi. The minimum atomic E-state index is -4.40. The van der Waals surface area contributed by atoms with Gasteiger partial charge in [-0.25, -0.2) is 10.2 Å². The molecule has 1 fully saturated rings. The van der Waals surface area contributed by atoms with Gasteiger partial charge in [-0.3, -0.25) is 14.1 Å². The van der Waals surface area contributed by atoms with E-state index in [1.165, 1.54) is 7.11 Å². The molecule has 0 radical (unpaired) electrons. The first-order chi connectivity index (χ1) is 32.9. The summed E-state index contributed by atoms with van der Waals surface area (Å²) in [7, 11) is -4.27. The van der Waals surface area contributed by atoms with Gasteiger partial charge >= 0.3 is 13.6 Å². The maximum Gasteiger partial charge on any atom is 0.365 e. The van der Waals surface area contributed by atoms with Crippen LogP contribution in [0.2, 0.25) is 25.7 Å². The van der Waals surface area contributed by atoms with Crippen molar-refractivity contribution in [1.82, 2.24) is 15.3 Å². The highest BCUT2D eigenvalue weighted by Gasteiger charge is 2.42. The number of benzene rings is 6. The van der Waals surface area contributed by atoms with Gasteiger partial charge in [0.05, 0.1) is 31.4 Å². The van der Waals surface area contributed by atoms with Crippen LogP contribution in [0.15, 0.2) is 164 Å². The third-order valence-electron chi connectivity index (χ3n) is 12.0. The van der Waals surface area contributed by atoms with Gasteiger partial charge < -0.3 is 33.8 Å². The summed E-state index contributed by atoms with van der Waals surface area (Å²) in [6.45, 7) is 7.92. The summed E-state index contributed by atoms with van der Waals surface area (Å²) in [5, 5.41) is 12.2. The Morgan fingerprint density at radius 1 is 0.750 bits per heavy atom. The third-order valence-corrected chi connectivity index (χ3v) is 14.7. The first-order valence-electron chi connectivity index (χ1n) is 23.1. The number of phenols is 1. The number of hydrogen-bond donors (Lipinski definition) is 3. The van der Waals surface area contributed by atoms with Crippen molar-refractivity contribution in [3.05, 3.63) is 197 Å². The van der Waals surface area contributed by atoms with Crippen LogP contribution in [0, 0.1) is 0 Å². The van der Waals surface area contributed by atoms with E-state index >= 15 is 4.79 Å². The molecule has 1 aliphatic heterocycles. The van der Waals surface area contributed by atoms with Crippen molar-refractivity contribution >= 4 is 21.7 Å². The van der Waals surface area contributed by atoms with E-state index in [4.69, 9.17) is 23.5 Å². The third kappa shape index (κ3) is 14.4. The zero-order valence-corrected chi connectivity index (χ0v) is 41.3. The van der Waals surface area contributed by atoms with Crippen LogP contribution in [0.5, 0.6) is 17.2 Å². The number of rotatable bonds is 23. The minimum Gasteiger partial charge on any atom is -0.504 e. The number of amides is 2. The lowest BCUT2D eigenvalue weighted by atomic mass is 9.97. The van der Waals surface area contributed by atoms with Crippen molar-refractivity contribution in [3.63, 3.8) is 0 Å². The van der Waals surface area contributed by atoms with Crippen LogP contribution >= 0.6 is 7.60 Å². The molecule has 0 aliphatic carbocycles. The van der Waals surface area contributed by atoms with Gasteiger partial charge in [0.15, 0.2) is 17.8 Å². The lowest BCUT2D eigenvalue weighted by molar-refractivity contribution is -0.104. The quantitative estimate of drug-likeness (QED) is 0.0246. The number of nitrogens with one attached hydrogen (secondary N) is 1. The molecular weight excluding hydrogens is 894 g/mol. The number of hydrazine groups is 1. The van der Waals surface area contributed by atoms with E-state index in [9.17, 15) is 14.6 Å². The molecule has 14 heteroatoms. The Labute approximate surface area is 401 Å². The highest BCUT2D eigenvalue weighted by Crippen LogP contribution is 2.48. The van der Waals surface area contributed by atoms with E-state index in [-0.39, 0.29) is 37.4 Å². The van der Waals surface area contributed by atoms with Crippen molar-refractivity contribution in [1.29, 1.82) is 0 Å². The summed E-state index contributed by atoms with van der Waals surface area (Å²) < 4.78 is 44.8. The first-order valence-corrected chi connectivity index (χ1v) is 28.6. The fourth-order valence-electron chi connectivity index (χ4n) is 8.32. The minimum absolute atomic E-state index is 0.0108. The van der Waals surface area contributed by atoms with Crippen LogP contribution < -0.4 is 14.9 Å². The molecule has 2 amide bonds. The molecule has 0 aromatic heterocycles. The Morgan fingerprint density at radius 2 is 1.35 bits per heavy atom. The van der Waals surface area contributed by atoms with E-state index < -0.39 is 46.3 Å². The van der Waals surface area contributed by atoms with Gasteiger partial charge in [-0.2, -0.15) is 0 Å². The number of aromatic hydroxyl groups is 1. The maximum absolute atomic E-state index is 15.7. The van der Waals surface area contributed by atoms with Crippen LogP contribution in [-0.2, 0) is 44.4 Å². The van der Waals surface area contributed by atoms with Crippen molar-refractivity contribution in [3.8, 4) is 17.2 Å². The number of hydrogen-bond acceptors (Lipinski definition) is 9. The molecule has 68 heavy (non-hydrogen) atoms. The fourth-order valence-corrected chi connectivity index (χ4v) is 10.0. The van der Waals surface area contributed by atoms with Gasteiger partial charge in [-0.05, 0) is 64.9 Å². The smallest absolute Gasteiger partial charge is 0.365 e. The van der Waals surface area contributed by atoms with Gasteiger partial charge in [-0.1, -0.05) is 165 Å². The predicted octanol–water partition coefficient (Wildman–Crippen LogP) is 11.0. The summed E-state index contributed by atoms with van der Waals surface area (Å²) in [5.74, 6) is 0.600. The highest BCUT2D eigenvalue weighted by atomic mass is 31.2. The number of carbonyl (C=O) groups excluding carboxylic acids is 1. The number of methoxy groups -OCH3 is 1. The Kier molecular flexibility index (Phi) is 17.7. The molecule has 0 bridgehead atoms. The van der Waals surface area contributed by atoms with E-state index in [0.717, 1.165) is 33.9 Å². The summed E-state index contributed by atoms with van der Waals surface area (Å²) >= 11 is 0. The second kappa shape index (κ2) is 24.0. The SMILES string of the molecule is COc1cc(CN2C(=O)N(C(Cc3ccccc3)c3ccccc3OCP(=O)(O)OC(Cc3ccccc3)c3ccccc3)NCC(OCOCC[Si](C)(C)C)C2Cc2ccccc2)ccc1O. The van der Waals surface area contributed by atoms with Gasteiger partial charge in [0.25, 0.3) is 0 Å². The maximum atomic E-state index is 15.7. The van der Waals surface area contributed by atoms with Crippen LogP contribution in [0.3, 0.4) is 0 Å². The lowest BCUT2D eigenvalue weighted by Crippen LogP contribution is -2.52. The molecule has 1 aliphatic rings. The average Bonchev–Trinajstić information content (AvgIpc) is 3.46. The summed E-state index contributed by atoms with van der Waals surface area (Å²) in [6, 6.07) is 50.8. The zero-order chi connectivity index (χ0) is 47.9. The fraction of sp³-hybridized carbons (Fsp3) is 0.315. The van der Waals surface area contributed by atoms with Crippen LogP contribution in [0.25, 0.3) is 0 Å². The molecule has 1 heterocycles. The Morgan fingerprint density at radius 3 is 2.00 bits per heavy atom. The lowest BCUT2D eigenvalue weighted by Gasteiger charge is -2.38. The Hall–Kier alpha value is -5.76. The molecule has 358 valence electrons. The Bertz CT molecular complexity index is 2540. The molecule has 7 rings (SSSR count). The summed E-state index contributed by atoms with van der Waals surface area (Å²) in [6.07, 6.45) is -0.687. The van der Waals surface area contributed by atoms with E-state index in [1.54, 1.807) is 35.3 Å². The van der Waals surface area contributed by atoms with Crippen LogP contribution in [0.4, 0.5) is 4.79 Å². The molecule has 5 unspecified atom stereocenters. The van der Waals surface area contributed by atoms with Crippen molar-refractivity contribution in [2.45, 2.75) is 75.8 Å². The molecule has 0 saturated carbocycles. The van der Waals surface area contributed by atoms with Gasteiger partial charge in [0, 0.05) is 39.8 Å². The van der Waals surface area contributed by atoms with Gasteiger partial charge in [0.2, 0.25) is 0 Å². The second-order valence-electron chi connectivity index (χ2n) is 18.3. The average molecular weight is 958 g/mol. The number of phenolic OH excluding ortho intramolecular Hbond substituents is 1. The second-order valence-corrected chi connectivity index (χ2v) is 25.7. The number of carbonyl (C=O) groups is 1. The zero-order valence-electron chi connectivity index (χ0n) is 39.4. The number of ether oxygens (including phenoxy) is 4. The van der Waals surface area contributed by atoms with Gasteiger partial charge in [-0.15, -0.1) is 0 Å². The predicted molar refractivity (Wildman–Crippen MR) is 268 cm³/mol. The Balaban J connectivity index is 1.24. The monoisotopic (exact) mass is 957 g/mol. The van der Waals surface area contributed by atoms with Crippen molar-refractivity contribution in [2.75, 3.05) is 33.4 Å². The summed E-state index contributed by atoms with van der Waals surface area (Å²) in [4.78, 5) is 29.1. The number of nitrogens with zero attached hydrogens (tertiary/aromatic N) is 2. The topological polar surface area (TPSA) is 139 Å². The van der Waals surface area contributed by atoms with E-state index in [2.05, 4.69) is 25.1 Å². The highest BCUT2D eigenvalue weighted by molar-refractivity contribution is 7.52. The number of para-hydroxylation sites is 1. The molecule has 6 aromatic rings. The summed E-state index contributed by atoms with van der Waals surface area (Å²) in [5.41, 5.74) is 8.56. The molecule has 0 spiro atoms. The standard InChI is InChI=1S/C54H64N3O9PSi/c1-62-52-36-44(29-30-49(52)58)38-56-48(34-42-21-11-6-12-22-42)53(64-39-63-31-32-68(2,3)4)37-55-57(54(56)59)47(33-41-19-9-5-10-20-41)46-27-17-18-28-50(46)65-40-67(60,61)66-51(45-25-15-8-16-26-45)35-43-23-13-7-14-24-43/h5-30,36,47-48,51,53,55,58H,31-35,37-40H2,1-4H3,(H,60,61). The first kappa shape index (κ1) is 50.1. The normalized spacial score (nSPS) is 17.2. The molecule has 6 aromatic carbocycles. The number of urea groups is 1. The van der Waals surface area contributed by atoms with E-state index in [0.29, 0.717) is 37.2 Å². The van der Waals surface area contributed by atoms with E-state index in [1.807, 2.05) is 138 Å². The van der Waals surface area contributed by atoms with Gasteiger partial charge in [0.1, 0.15) is 12.5 Å². The largest absolute Gasteiger partial charge is 0.504 e. The van der Waals surface area contributed by atoms with Crippen molar-refractivity contribution in [2.24, 2.45) is 0 Å². The molecule has 5 atom stereocenters. The molecule has 12 nitrogen and oxygen atoms in total.